The average molecular weight is 1120 g/mol. The van der Waals surface area contributed by atoms with Crippen LogP contribution in [-0.4, -0.2) is 233 Å². The van der Waals surface area contributed by atoms with Crippen molar-refractivity contribution >= 4 is 59.7 Å². The topological polar surface area (TPSA) is 387 Å². The first-order chi connectivity index (χ1) is 36.1. The first-order valence-corrected chi connectivity index (χ1v) is 23.7. The number of hydrogen-bond donors (Lipinski definition) is 2. The summed E-state index contributed by atoms with van der Waals surface area (Å²) in [5.41, 5.74) is 0. The smallest absolute Gasteiger partial charge is 0.303 e. The lowest BCUT2D eigenvalue weighted by atomic mass is 9.95. The maximum Gasteiger partial charge on any atom is 0.303 e. The Morgan fingerprint density at radius 1 is 0.299 bits per heavy atom. The molecule has 0 radical (unpaired) electrons. The zero-order valence-corrected chi connectivity index (χ0v) is 44.1. The summed E-state index contributed by atoms with van der Waals surface area (Å²) < 4.78 is 109. The molecule has 0 aromatic heterocycles. The van der Waals surface area contributed by atoms with Crippen LogP contribution in [0.2, 0.25) is 0 Å². The molecule has 4 aliphatic rings. The monoisotopic (exact) mass is 1110 g/mol. The summed E-state index contributed by atoms with van der Waals surface area (Å²) in [4.78, 5) is 125. The van der Waals surface area contributed by atoms with Gasteiger partial charge in [-0.2, -0.15) is 0 Å². The highest BCUT2D eigenvalue weighted by Gasteiger charge is 2.60. The molecule has 4 aliphatic heterocycles. The minimum absolute atomic E-state index is 0.537. The zero-order valence-electron chi connectivity index (χ0n) is 44.1. The summed E-state index contributed by atoms with van der Waals surface area (Å²) in [6, 6.07) is 0. The van der Waals surface area contributed by atoms with Crippen molar-refractivity contribution in [1.29, 1.82) is 0 Å². The van der Waals surface area contributed by atoms with Gasteiger partial charge in [0.25, 0.3) is 0 Å². The lowest BCUT2D eigenvalue weighted by molar-refractivity contribution is -0.388. The van der Waals surface area contributed by atoms with Crippen LogP contribution in [0.4, 0.5) is 0 Å². The van der Waals surface area contributed by atoms with Crippen molar-refractivity contribution in [3.05, 3.63) is 0 Å². The maximum atomic E-state index is 13.1. The van der Waals surface area contributed by atoms with Gasteiger partial charge < -0.3 is 100 Å². The van der Waals surface area contributed by atoms with Crippen molar-refractivity contribution < 1.29 is 148 Å². The Morgan fingerprint density at radius 3 is 0.857 bits per heavy atom. The minimum atomic E-state index is -2.16. The SMILES string of the molecule is COC1C(O)C(OC(C)=O)[C@@H](OC2C(COC(C)=O)O[C@@H](OC3C(OC(C)=O)C(OC(C)=O)[C@@H](OC4C(COC(C)=O)O[C@@H](OC)C(OC(C)=O)[C@H]4OC(C)=O)O[C@H]3COC(C)=O)C(OC(C)=O)[C@H]2O)O[C@H]1COC(C)=O. The Morgan fingerprint density at radius 2 is 0.545 bits per heavy atom. The third-order valence-electron chi connectivity index (χ3n) is 11.4. The van der Waals surface area contributed by atoms with Crippen molar-refractivity contribution in [1.82, 2.24) is 0 Å². The van der Waals surface area contributed by atoms with Crippen molar-refractivity contribution in [2.75, 3.05) is 40.6 Å². The molecule has 0 aromatic rings. The van der Waals surface area contributed by atoms with Gasteiger partial charge in [0.15, 0.2) is 61.8 Å². The zero-order chi connectivity index (χ0) is 57.6. The molecule has 31 nitrogen and oxygen atoms in total. The fraction of sp³-hybridized carbons (Fsp3) is 0.783. The molecule has 4 rings (SSSR count). The summed E-state index contributed by atoms with van der Waals surface area (Å²) >= 11 is 0. The van der Waals surface area contributed by atoms with E-state index >= 15 is 0 Å². The molecular weight excluding hydrogens is 1050 g/mol. The first-order valence-electron chi connectivity index (χ1n) is 23.7. The van der Waals surface area contributed by atoms with E-state index in [0.29, 0.717) is 0 Å². The van der Waals surface area contributed by atoms with E-state index < -0.39 is 209 Å². The first kappa shape index (κ1) is 63.8. The molecule has 31 heteroatoms. The molecule has 2 N–H and O–H groups in total. The fourth-order valence-electron chi connectivity index (χ4n) is 8.57. The Kier molecular flexibility index (Phi) is 24.3. The van der Waals surface area contributed by atoms with Crippen LogP contribution in [0.25, 0.3) is 0 Å². The summed E-state index contributed by atoms with van der Waals surface area (Å²) in [5, 5.41) is 23.7. The second-order valence-electron chi connectivity index (χ2n) is 17.5. The average Bonchev–Trinajstić information content (AvgIpc) is 3.31. The molecule has 77 heavy (non-hydrogen) atoms. The highest BCUT2D eigenvalue weighted by molar-refractivity contribution is 5.69. The van der Waals surface area contributed by atoms with Crippen LogP contribution < -0.4 is 0 Å². The van der Waals surface area contributed by atoms with Gasteiger partial charge in [-0.3, -0.25) is 47.9 Å². The third kappa shape index (κ3) is 18.2. The lowest BCUT2D eigenvalue weighted by Gasteiger charge is -2.50. The van der Waals surface area contributed by atoms with Crippen LogP contribution in [0.1, 0.15) is 69.2 Å². The van der Waals surface area contributed by atoms with E-state index in [9.17, 15) is 58.2 Å². The molecule has 4 heterocycles. The van der Waals surface area contributed by atoms with Gasteiger partial charge in [0, 0.05) is 83.5 Å². The molecule has 0 aromatic carbocycles. The minimum Gasteiger partial charge on any atom is -0.463 e. The van der Waals surface area contributed by atoms with Gasteiger partial charge in [0.2, 0.25) is 0 Å². The number of aliphatic hydroxyl groups excluding tert-OH is 2. The molecule has 0 saturated carbocycles. The Balaban J connectivity index is 1.87. The number of methoxy groups -OCH3 is 2. The van der Waals surface area contributed by atoms with E-state index in [1.807, 2.05) is 0 Å². The van der Waals surface area contributed by atoms with Crippen LogP contribution in [0, 0.1) is 0 Å². The Hall–Kier alpha value is -5.74. The fourth-order valence-corrected chi connectivity index (χ4v) is 8.57. The molecule has 12 unspecified atom stereocenters. The van der Waals surface area contributed by atoms with E-state index in [-0.39, 0.29) is 0 Å². The number of rotatable bonds is 22. The van der Waals surface area contributed by atoms with Crippen LogP contribution in [-0.2, 0) is 138 Å². The largest absolute Gasteiger partial charge is 0.463 e. The summed E-state index contributed by atoms with van der Waals surface area (Å²) in [5.74, 6) is -9.46. The Labute approximate surface area is 439 Å². The number of ether oxygens (including phenoxy) is 19. The second-order valence-corrected chi connectivity index (χ2v) is 17.5. The highest BCUT2D eigenvalue weighted by atomic mass is 16.8. The maximum absolute atomic E-state index is 13.1. The standard InChI is InChI=1S/C46H66O31/c1-17(47)61-13-27-33(59-11)31(57)37(65-21(5)51)44(72-27)75-34-28(14-62-18(2)48)73-45(38(32(34)58)66-22(6)52)76-36-30(16-64-20(4)50)74-46(42(70-26(10)56)40(36)68-24(8)54)77-35-29(15-63-19(3)49)71-43(60-12)41(69-25(9)55)39(35)67-23(7)53/h27-46,57-58H,13-16H2,1-12H3/t27-,28?,29?,30-,31?,32-,33?,34?,35?,36?,37?,38?,39-,40?,41?,42?,43+,44+,45-,46+/m0/s1. The predicted molar refractivity (Wildman–Crippen MR) is 239 cm³/mol. The van der Waals surface area contributed by atoms with E-state index in [2.05, 4.69) is 0 Å². The van der Waals surface area contributed by atoms with Gasteiger partial charge in [0.1, 0.15) is 87.5 Å². The molecule has 0 aliphatic carbocycles. The van der Waals surface area contributed by atoms with E-state index in [4.69, 9.17) is 90.0 Å². The molecule has 20 atom stereocenters. The van der Waals surface area contributed by atoms with Crippen molar-refractivity contribution in [2.24, 2.45) is 0 Å². The van der Waals surface area contributed by atoms with E-state index in [1.54, 1.807) is 0 Å². The summed E-state index contributed by atoms with van der Waals surface area (Å²) in [7, 11) is 2.34. The predicted octanol–water partition coefficient (Wildman–Crippen LogP) is -2.73. The number of carbonyl (C=O) groups excluding carboxylic acids is 10. The highest BCUT2D eigenvalue weighted by Crippen LogP contribution is 2.39. The normalized spacial score (nSPS) is 34.9. The van der Waals surface area contributed by atoms with E-state index in [1.165, 1.54) is 7.11 Å². The Bertz CT molecular complexity index is 2080. The third-order valence-corrected chi connectivity index (χ3v) is 11.4. The van der Waals surface area contributed by atoms with Crippen LogP contribution >= 0.6 is 0 Å². The van der Waals surface area contributed by atoms with Crippen LogP contribution in [0.5, 0.6) is 0 Å². The molecule has 0 spiro atoms. The van der Waals surface area contributed by atoms with Crippen LogP contribution in [0.15, 0.2) is 0 Å². The summed E-state index contributed by atoms with van der Waals surface area (Å²) in [6.07, 6.45) is -35.6. The molecule has 436 valence electrons. The number of esters is 10. The molecule has 0 bridgehead atoms. The van der Waals surface area contributed by atoms with Gasteiger partial charge in [-0.25, -0.2) is 0 Å². The molecular formula is C46H66O31. The molecule has 0 amide bonds. The number of aliphatic hydroxyl groups is 2. The second kappa shape index (κ2) is 29.3. The quantitative estimate of drug-likeness (QED) is 0.0821. The van der Waals surface area contributed by atoms with Gasteiger partial charge in [0.05, 0.1) is 0 Å². The van der Waals surface area contributed by atoms with Crippen molar-refractivity contribution in [3.63, 3.8) is 0 Å². The van der Waals surface area contributed by atoms with Gasteiger partial charge in [-0.1, -0.05) is 0 Å². The van der Waals surface area contributed by atoms with Crippen LogP contribution in [0.3, 0.4) is 0 Å². The molecule has 4 fully saturated rings. The van der Waals surface area contributed by atoms with E-state index in [0.717, 1.165) is 76.3 Å². The van der Waals surface area contributed by atoms with Crippen molar-refractivity contribution in [3.8, 4) is 0 Å². The number of carbonyl (C=O) groups is 10. The van der Waals surface area contributed by atoms with Gasteiger partial charge >= 0.3 is 59.7 Å². The number of hydrogen-bond acceptors (Lipinski definition) is 31. The lowest BCUT2D eigenvalue weighted by Crippen LogP contribution is -2.69. The van der Waals surface area contributed by atoms with Gasteiger partial charge in [-0.15, -0.1) is 0 Å². The summed E-state index contributed by atoms with van der Waals surface area (Å²) in [6.45, 7) is 7.17. The van der Waals surface area contributed by atoms with Crippen molar-refractivity contribution in [2.45, 2.75) is 192 Å². The molecule has 4 saturated heterocycles. The van der Waals surface area contributed by atoms with Gasteiger partial charge in [-0.05, 0) is 0 Å².